The van der Waals surface area contributed by atoms with Crippen molar-refractivity contribution >= 4 is 23.3 Å². The van der Waals surface area contributed by atoms with Crippen molar-refractivity contribution in [2.75, 3.05) is 23.7 Å². The van der Waals surface area contributed by atoms with Gasteiger partial charge in [0.25, 0.3) is 0 Å². The molecule has 1 amide bonds. The number of carboxylic acids is 1. The van der Waals surface area contributed by atoms with Crippen LogP contribution in [0.2, 0.25) is 0 Å². The lowest BCUT2D eigenvalue weighted by molar-refractivity contribution is -0.119. The highest BCUT2D eigenvalue weighted by Gasteiger charge is 2.24. The lowest BCUT2D eigenvalue weighted by Crippen LogP contribution is -2.35. The number of nitrogen functional groups attached to an aromatic ring is 1. The van der Waals surface area contributed by atoms with Crippen LogP contribution in [0.1, 0.15) is 23.7 Å². The molecule has 1 aliphatic rings. The number of nitrogens with one attached hydrogen (secondary N) is 1. The van der Waals surface area contributed by atoms with E-state index in [1.54, 1.807) is 12.1 Å². The second-order valence-corrected chi connectivity index (χ2v) is 4.71. The molecule has 0 aromatic heterocycles. The zero-order valence-electron chi connectivity index (χ0n) is 10.7. The van der Waals surface area contributed by atoms with Crippen molar-refractivity contribution in [3.8, 4) is 0 Å². The Balaban J connectivity index is 2.11. The first kappa shape index (κ1) is 13.2. The molecule has 1 fully saturated rings. The van der Waals surface area contributed by atoms with Gasteiger partial charge in [-0.05, 0) is 24.6 Å². The predicted molar refractivity (Wildman–Crippen MR) is 72.2 cm³/mol. The molecule has 0 radical (unpaired) electrons. The first-order valence-electron chi connectivity index (χ1n) is 6.12. The summed E-state index contributed by atoms with van der Waals surface area (Å²) in [5.41, 5.74) is 7.34. The molecule has 1 unspecified atom stereocenters. The number of nitrogens with zero attached hydrogens (tertiary/aromatic N) is 1. The molecule has 1 atom stereocenters. The maximum atomic E-state index is 11.0. The maximum absolute atomic E-state index is 11.0. The van der Waals surface area contributed by atoms with Crippen LogP contribution in [0.4, 0.5) is 11.4 Å². The number of nitrogens with two attached hydrogens (primary N) is 1. The molecule has 19 heavy (non-hydrogen) atoms. The van der Waals surface area contributed by atoms with Crippen LogP contribution in [0.5, 0.6) is 0 Å². The SMILES string of the molecule is CC(=O)NC1CCN(c2ccc(C(=O)O)cc2N)C1. The van der Waals surface area contributed by atoms with Gasteiger partial charge in [0.1, 0.15) is 0 Å². The number of carboxylic acid groups (broad SMARTS) is 1. The summed E-state index contributed by atoms with van der Waals surface area (Å²) in [6.45, 7) is 2.98. The molecule has 0 aliphatic carbocycles. The molecule has 1 heterocycles. The summed E-state index contributed by atoms with van der Waals surface area (Å²) in [7, 11) is 0. The van der Waals surface area contributed by atoms with Crippen molar-refractivity contribution in [3.05, 3.63) is 23.8 Å². The molecule has 102 valence electrons. The molecular formula is C13H17N3O3. The quantitative estimate of drug-likeness (QED) is 0.697. The molecule has 1 saturated heterocycles. The first-order chi connectivity index (χ1) is 8.97. The number of rotatable bonds is 3. The molecule has 1 aliphatic heterocycles. The molecular weight excluding hydrogens is 246 g/mol. The summed E-state index contributed by atoms with van der Waals surface area (Å²) in [5.74, 6) is -1.03. The number of aromatic carboxylic acids is 1. The Morgan fingerprint density at radius 2 is 2.21 bits per heavy atom. The van der Waals surface area contributed by atoms with E-state index in [-0.39, 0.29) is 17.5 Å². The number of amides is 1. The minimum atomic E-state index is -0.990. The topological polar surface area (TPSA) is 95.7 Å². The molecule has 4 N–H and O–H groups in total. The molecule has 6 heteroatoms. The zero-order valence-corrected chi connectivity index (χ0v) is 10.7. The largest absolute Gasteiger partial charge is 0.478 e. The molecule has 1 aromatic carbocycles. The third-order valence-corrected chi connectivity index (χ3v) is 3.21. The summed E-state index contributed by atoms with van der Waals surface area (Å²) in [6.07, 6.45) is 0.861. The van der Waals surface area contributed by atoms with Crippen molar-refractivity contribution in [1.29, 1.82) is 0 Å². The summed E-state index contributed by atoms with van der Waals surface area (Å²) >= 11 is 0. The van der Waals surface area contributed by atoms with E-state index in [2.05, 4.69) is 10.2 Å². The fourth-order valence-electron chi connectivity index (χ4n) is 2.36. The number of carbonyl (C=O) groups excluding carboxylic acids is 1. The van der Waals surface area contributed by atoms with Gasteiger partial charge in [0.15, 0.2) is 0 Å². The molecule has 6 nitrogen and oxygen atoms in total. The lowest BCUT2D eigenvalue weighted by atomic mass is 10.1. The van der Waals surface area contributed by atoms with E-state index in [0.717, 1.165) is 18.7 Å². The summed E-state index contributed by atoms with van der Waals surface area (Å²) in [6, 6.07) is 4.84. The van der Waals surface area contributed by atoms with Crippen molar-refractivity contribution in [3.63, 3.8) is 0 Å². The van der Waals surface area contributed by atoms with Gasteiger partial charge in [-0.15, -0.1) is 0 Å². The number of hydrogen-bond donors (Lipinski definition) is 3. The number of benzene rings is 1. The van der Waals surface area contributed by atoms with Crippen molar-refractivity contribution in [2.24, 2.45) is 0 Å². The highest BCUT2D eigenvalue weighted by atomic mass is 16.4. The van der Waals surface area contributed by atoms with Crippen molar-refractivity contribution < 1.29 is 14.7 Å². The van der Waals surface area contributed by atoms with E-state index < -0.39 is 5.97 Å². The predicted octanol–water partition coefficient (Wildman–Crippen LogP) is 0.682. The third-order valence-electron chi connectivity index (χ3n) is 3.21. The van der Waals surface area contributed by atoms with Gasteiger partial charge >= 0.3 is 5.97 Å². The number of carbonyl (C=O) groups is 2. The third kappa shape index (κ3) is 2.96. The molecule has 0 spiro atoms. The van der Waals surface area contributed by atoms with E-state index in [9.17, 15) is 9.59 Å². The Morgan fingerprint density at radius 1 is 1.47 bits per heavy atom. The normalized spacial score (nSPS) is 18.4. The van der Waals surface area contributed by atoms with Crippen LogP contribution in [0.3, 0.4) is 0 Å². The second kappa shape index (κ2) is 5.17. The van der Waals surface area contributed by atoms with Crippen LogP contribution in [-0.4, -0.2) is 36.1 Å². The van der Waals surface area contributed by atoms with Crippen molar-refractivity contribution in [1.82, 2.24) is 5.32 Å². The van der Waals surface area contributed by atoms with Crippen LogP contribution in [0.25, 0.3) is 0 Å². The number of anilines is 2. The van der Waals surface area contributed by atoms with Crippen LogP contribution < -0.4 is 16.0 Å². The van der Waals surface area contributed by atoms with Crippen LogP contribution in [-0.2, 0) is 4.79 Å². The lowest BCUT2D eigenvalue weighted by Gasteiger charge is -2.21. The van der Waals surface area contributed by atoms with E-state index >= 15 is 0 Å². The second-order valence-electron chi connectivity index (χ2n) is 4.71. The van der Waals surface area contributed by atoms with Crippen LogP contribution in [0, 0.1) is 0 Å². The Morgan fingerprint density at radius 3 is 2.79 bits per heavy atom. The van der Waals surface area contributed by atoms with E-state index in [0.29, 0.717) is 12.2 Å². The molecule has 0 saturated carbocycles. The zero-order chi connectivity index (χ0) is 14.0. The molecule has 0 bridgehead atoms. The van der Waals surface area contributed by atoms with Gasteiger partial charge in [0.05, 0.1) is 16.9 Å². The van der Waals surface area contributed by atoms with E-state index in [4.69, 9.17) is 10.8 Å². The van der Waals surface area contributed by atoms with Gasteiger partial charge < -0.3 is 21.1 Å². The van der Waals surface area contributed by atoms with Gasteiger partial charge in [0, 0.05) is 26.1 Å². The van der Waals surface area contributed by atoms with Crippen LogP contribution >= 0.6 is 0 Å². The van der Waals surface area contributed by atoms with Gasteiger partial charge in [-0.3, -0.25) is 4.79 Å². The molecule has 1 aromatic rings. The minimum Gasteiger partial charge on any atom is -0.478 e. The Bertz CT molecular complexity index is 516. The Hall–Kier alpha value is -2.24. The highest BCUT2D eigenvalue weighted by Crippen LogP contribution is 2.27. The monoisotopic (exact) mass is 263 g/mol. The summed E-state index contributed by atoms with van der Waals surface area (Å²) < 4.78 is 0. The van der Waals surface area contributed by atoms with Gasteiger partial charge in [-0.2, -0.15) is 0 Å². The maximum Gasteiger partial charge on any atom is 0.335 e. The highest BCUT2D eigenvalue weighted by molar-refractivity contribution is 5.90. The average Bonchev–Trinajstić information content (AvgIpc) is 2.76. The van der Waals surface area contributed by atoms with Gasteiger partial charge in [-0.25, -0.2) is 4.79 Å². The first-order valence-corrected chi connectivity index (χ1v) is 6.12. The standard InChI is InChI=1S/C13H17N3O3/c1-8(17)15-10-4-5-16(7-10)12-3-2-9(13(18)19)6-11(12)14/h2-3,6,10H,4-5,7,14H2,1H3,(H,15,17)(H,18,19). The smallest absolute Gasteiger partial charge is 0.335 e. The summed E-state index contributed by atoms with van der Waals surface area (Å²) in [4.78, 5) is 23.9. The minimum absolute atomic E-state index is 0.0407. The van der Waals surface area contributed by atoms with E-state index in [1.165, 1.54) is 13.0 Å². The fraction of sp³-hybridized carbons (Fsp3) is 0.385. The van der Waals surface area contributed by atoms with E-state index in [1.807, 2.05) is 0 Å². The number of hydrogen-bond acceptors (Lipinski definition) is 4. The molecule has 2 rings (SSSR count). The fourth-order valence-corrected chi connectivity index (χ4v) is 2.36. The Kier molecular flexibility index (Phi) is 3.59. The Labute approximate surface area is 111 Å². The average molecular weight is 263 g/mol. The van der Waals surface area contributed by atoms with Gasteiger partial charge in [0.2, 0.25) is 5.91 Å². The van der Waals surface area contributed by atoms with Crippen LogP contribution in [0.15, 0.2) is 18.2 Å². The van der Waals surface area contributed by atoms with Gasteiger partial charge in [-0.1, -0.05) is 0 Å². The van der Waals surface area contributed by atoms with Crippen molar-refractivity contribution in [2.45, 2.75) is 19.4 Å². The summed E-state index contributed by atoms with van der Waals surface area (Å²) in [5, 5.41) is 11.8.